The lowest BCUT2D eigenvalue weighted by Crippen LogP contribution is -2.39. The summed E-state index contributed by atoms with van der Waals surface area (Å²) in [7, 11) is 0. The van der Waals surface area contributed by atoms with Gasteiger partial charge >= 0.3 is 17.9 Å². The van der Waals surface area contributed by atoms with Crippen LogP contribution in [0.1, 0.15) is 54.4 Å². The van der Waals surface area contributed by atoms with Crippen LogP contribution in [0.4, 0.5) is 0 Å². The van der Waals surface area contributed by atoms with E-state index in [-0.39, 0.29) is 6.61 Å². The smallest absolute Gasteiger partial charge is 0.348 e. The maximum absolute atomic E-state index is 12.4. The van der Waals surface area contributed by atoms with Crippen LogP contribution in [0.3, 0.4) is 0 Å². The summed E-state index contributed by atoms with van der Waals surface area (Å²) in [6, 6.07) is 0. The number of rotatable bonds is 7. The van der Waals surface area contributed by atoms with Gasteiger partial charge in [0.15, 0.2) is 0 Å². The van der Waals surface area contributed by atoms with Gasteiger partial charge in [-0.05, 0) is 26.7 Å². The van der Waals surface area contributed by atoms with Gasteiger partial charge in [-0.15, -0.1) is 0 Å². The van der Waals surface area contributed by atoms with Gasteiger partial charge in [-0.25, -0.2) is 9.59 Å². The van der Waals surface area contributed by atoms with Crippen LogP contribution >= 0.6 is 0 Å². The highest BCUT2D eigenvalue weighted by Crippen LogP contribution is 2.33. The number of carbonyl (C=O) groups is 3. The van der Waals surface area contributed by atoms with E-state index in [1.54, 1.807) is 20.8 Å². The monoisotopic (exact) mass is 340 g/mol. The van der Waals surface area contributed by atoms with E-state index in [2.05, 4.69) is 6.58 Å². The topological polar surface area (TPSA) is 78.9 Å². The van der Waals surface area contributed by atoms with Crippen molar-refractivity contribution in [1.82, 2.24) is 0 Å². The van der Waals surface area contributed by atoms with Crippen molar-refractivity contribution < 1.29 is 28.6 Å². The van der Waals surface area contributed by atoms with Crippen molar-refractivity contribution in [3.05, 3.63) is 12.2 Å². The Morgan fingerprint density at radius 1 is 1.46 bits per heavy atom. The molecule has 0 aliphatic carbocycles. The van der Waals surface area contributed by atoms with Crippen LogP contribution in [0.25, 0.3) is 0 Å². The van der Waals surface area contributed by atoms with Crippen molar-refractivity contribution in [2.45, 2.75) is 66.1 Å². The zero-order chi connectivity index (χ0) is 18.7. The van der Waals surface area contributed by atoms with E-state index in [0.29, 0.717) is 18.4 Å². The highest BCUT2D eigenvalue weighted by Gasteiger charge is 2.47. The normalized spacial score (nSPS) is 22.9. The Morgan fingerprint density at radius 3 is 2.46 bits per heavy atom. The first-order valence-electron chi connectivity index (χ1n) is 8.18. The molecule has 1 heterocycles. The maximum atomic E-state index is 12.4. The summed E-state index contributed by atoms with van der Waals surface area (Å²) in [6.07, 6.45) is -0.0669. The fraction of sp³-hybridized carbons (Fsp3) is 0.722. The third-order valence-electron chi connectivity index (χ3n) is 4.32. The summed E-state index contributed by atoms with van der Waals surface area (Å²) in [5.74, 6) is -2.04. The molecular weight excluding hydrogens is 312 g/mol. The van der Waals surface area contributed by atoms with Crippen molar-refractivity contribution in [2.75, 3.05) is 6.61 Å². The summed E-state index contributed by atoms with van der Waals surface area (Å²) >= 11 is 0. The van der Waals surface area contributed by atoms with Crippen molar-refractivity contribution in [3.8, 4) is 0 Å². The molecule has 0 radical (unpaired) electrons. The Bertz CT molecular complexity index is 536. The summed E-state index contributed by atoms with van der Waals surface area (Å²) in [6.45, 7) is 14.3. The number of cyclic esters (lactones) is 1. The van der Waals surface area contributed by atoms with Gasteiger partial charge in [0.05, 0.1) is 5.92 Å². The molecule has 1 rings (SSSR count). The number of carbonyl (C=O) groups excluding carboxylic acids is 3. The molecule has 6 heteroatoms. The Balaban J connectivity index is 2.72. The second-order valence-corrected chi connectivity index (χ2v) is 7.49. The van der Waals surface area contributed by atoms with Gasteiger partial charge < -0.3 is 14.2 Å². The summed E-state index contributed by atoms with van der Waals surface area (Å²) in [5.41, 5.74) is -1.05. The minimum absolute atomic E-state index is 0.223. The molecule has 3 atom stereocenters. The van der Waals surface area contributed by atoms with E-state index >= 15 is 0 Å². The van der Waals surface area contributed by atoms with Gasteiger partial charge in [0.1, 0.15) is 12.2 Å². The summed E-state index contributed by atoms with van der Waals surface area (Å²) in [5, 5.41) is 0. The molecule has 6 nitrogen and oxygen atoms in total. The van der Waals surface area contributed by atoms with Crippen LogP contribution in [-0.2, 0) is 28.6 Å². The molecule has 1 aliphatic heterocycles. The molecule has 24 heavy (non-hydrogen) atoms. The number of hydrogen-bond donors (Lipinski definition) is 0. The summed E-state index contributed by atoms with van der Waals surface area (Å²) < 4.78 is 15.8. The molecule has 0 saturated carbocycles. The molecular formula is C18H28O6. The lowest BCUT2D eigenvalue weighted by Gasteiger charge is -2.31. The predicted molar refractivity (Wildman–Crippen MR) is 88.0 cm³/mol. The number of hydrogen-bond acceptors (Lipinski definition) is 6. The first kappa shape index (κ1) is 20.2. The third kappa shape index (κ3) is 4.82. The van der Waals surface area contributed by atoms with Gasteiger partial charge in [-0.3, -0.25) is 4.79 Å². The average molecular weight is 340 g/mol. The average Bonchev–Trinajstić information content (AvgIpc) is 2.73. The largest absolute Gasteiger partial charge is 0.462 e. The van der Waals surface area contributed by atoms with Crippen molar-refractivity contribution in [1.29, 1.82) is 0 Å². The van der Waals surface area contributed by atoms with Gasteiger partial charge in [0.25, 0.3) is 0 Å². The molecule has 0 aromatic rings. The molecule has 1 aliphatic rings. The lowest BCUT2D eigenvalue weighted by molar-refractivity contribution is -0.169. The second kappa shape index (κ2) is 7.36. The molecule has 1 fully saturated rings. The Hall–Kier alpha value is -1.85. The van der Waals surface area contributed by atoms with Crippen LogP contribution in [0.2, 0.25) is 0 Å². The lowest BCUT2D eigenvalue weighted by atomic mass is 9.88. The molecule has 3 unspecified atom stereocenters. The van der Waals surface area contributed by atoms with E-state index in [1.807, 2.05) is 20.8 Å². The Labute approximate surface area is 143 Å². The van der Waals surface area contributed by atoms with Crippen LogP contribution in [0, 0.1) is 11.3 Å². The first-order valence-corrected chi connectivity index (χ1v) is 8.18. The van der Waals surface area contributed by atoms with E-state index in [4.69, 9.17) is 14.2 Å². The molecule has 0 aromatic heterocycles. The van der Waals surface area contributed by atoms with E-state index in [9.17, 15) is 14.4 Å². The SMILES string of the molecule is C=C(C)C(=O)OC(C)(CC)CC(C)C(=O)OC1C(=O)OCC1(C)C. The Morgan fingerprint density at radius 2 is 2.04 bits per heavy atom. The highest BCUT2D eigenvalue weighted by atomic mass is 16.6. The van der Waals surface area contributed by atoms with Crippen molar-refractivity contribution >= 4 is 17.9 Å². The summed E-state index contributed by atoms with van der Waals surface area (Å²) in [4.78, 5) is 35.9. The third-order valence-corrected chi connectivity index (χ3v) is 4.32. The van der Waals surface area contributed by atoms with Crippen LogP contribution in [0.5, 0.6) is 0 Å². The zero-order valence-electron chi connectivity index (χ0n) is 15.4. The molecule has 136 valence electrons. The van der Waals surface area contributed by atoms with E-state index in [0.717, 1.165) is 0 Å². The van der Waals surface area contributed by atoms with Gasteiger partial charge in [-0.2, -0.15) is 0 Å². The van der Waals surface area contributed by atoms with E-state index < -0.39 is 40.9 Å². The number of esters is 3. The minimum Gasteiger partial charge on any atom is -0.462 e. The van der Waals surface area contributed by atoms with Crippen LogP contribution in [0.15, 0.2) is 12.2 Å². The molecule has 0 bridgehead atoms. The fourth-order valence-corrected chi connectivity index (χ4v) is 2.47. The second-order valence-electron chi connectivity index (χ2n) is 7.49. The van der Waals surface area contributed by atoms with Crippen LogP contribution < -0.4 is 0 Å². The standard InChI is InChI=1S/C18H28O6/c1-8-18(7,24-14(19)11(2)3)9-12(4)15(20)23-13-16(21)22-10-17(13,5)6/h12-13H,2,8-10H2,1,3-7H3. The highest BCUT2D eigenvalue weighted by molar-refractivity contribution is 5.87. The zero-order valence-corrected chi connectivity index (χ0v) is 15.4. The number of ether oxygens (including phenoxy) is 3. The van der Waals surface area contributed by atoms with Crippen molar-refractivity contribution in [2.24, 2.45) is 11.3 Å². The maximum Gasteiger partial charge on any atom is 0.348 e. The molecule has 0 spiro atoms. The molecule has 0 N–H and O–H groups in total. The predicted octanol–water partition coefficient (Wildman–Crippen LogP) is 2.80. The van der Waals surface area contributed by atoms with Gasteiger partial charge in [-0.1, -0.05) is 34.3 Å². The molecule has 0 amide bonds. The first-order chi connectivity index (χ1) is 10.9. The van der Waals surface area contributed by atoms with Crippen LogP contribution in [-0.4, -0.2) is 36.2 Å². The van der Waals surface area contributed by atoms with Gasteiger partial charge in [0, 0.05) is 11.0 Å². The Kier molecular flexibility index (Phi) is 6.20. The van der Waals surface area contributed by atoms with E-state index in [1.165, 1.54) is 0 Å². The van der Waals surface area contributed by atoms with Crippen molar-refractivity contribution in [3.63, 3.8) is 0 Å². The fourth-order valence-electron chi connectivity index (χ4n) is 2.47. The minimum atomic E-state index is -0.904. The quantitative estimate of drug-likeness (QED) is 0.403. The molecule has 0 aromatic carbocycles. The molecule has 1 saturated heterocycles. The van der Waals surface area contributed by atoms with Gasteiger partial charge in [0.2, 0.25) is 6.10 Å².